The maximum Gasteiger partial charge on any atom is 0.251 e. The zero-order valence-electron chi connectivity index (χ0n) is 10.9. The highest BCUT2D eigenvalue weighted by Crippen LogP contribution is 2.22. The fourth-order valence-electron chi connectivity index (χ4n) is 2.06. The van der Waals surface area contributed by atoms with Gasteiger partial charge in [0.2, 0.25) is 0 Å². The summed E-state index contributed by atoms with van der Waals surface area (Å²) < 4.78 is 0. The van der Waals surface area contributed by atoms with Gasteiger partial charge in [0.15, 0.2) is 0 Å². The number of amides is 1. The summed E-state index contributed by atoms with van der Waals surface area (Å²) in [6.45, 7) is 3.73. The van der Waals surface area contributed by atoms with Crippen LogP contribution in [0.4, 0.5) is 5.82 Å². The maximum absolute atomic E-state index is 11.9. The molecule has 1 unspecified atom stereocenters. The molecule has 0 saturated carbocycles. The molecule has 1 aromatic heterocycles. The normalized spacial score (nSPS) is 16.5. The number of nitrogens with zero attached hydrogens (tertiary/aromatic N) is 2. The van der Waals surface area contributed by atoms with E-state index in [0.29, 0.717) is 10.7 Å². The molecule has 0 radical (unpaired) electrons. The molecule has 2 rings (SSSR count). The van der Waals surface area contributed by atoms with Crippen LogP contribution in [0, 0.1) is 0 Å². The van der Waals surface area contributed by atoms with Gasteiger partial charge in [-0.15, -0.1) is 0 Å². The van der Waals surface area contributed by atoms with Crippen molar-refractivity contribution in [3.63, 3.8) is 0 Å². The molecule has 1 aliphatic rings. The molecule has 5 nitrogen and oxygen atoms in total. The molecule has 6 heteroatoms. The lowest BCUT2D eigenvalue weighted by molar-refractivity contribution is 0.0924. The van der Waals surface area contributed by atoms with Gasteiger partial charge in [-0.3, -0.25) is 4.79 Å². The van der Waals surface area contributed by atoms with Gasteiger partial charge >= 0.3 is 0 Å². The van der Waals surface area contributed by atoms with Crippen LogP contribution in [-0.2, 0) is 0 Å². The van der Waals surface area contributed by atoms with Gasteiger partial charge in [-0.1, -0.05) is 11.6 Å². The van der Waals surface area contributed by atoms with Crippen LogP contribution in [0.2, 0.25) is 5.15 Å². The number of hydrogen-bond donors (Lipinski definition) is 2. The lowest BCUT2D eigenvalue weighted by Crippen LogP contribution is -2.31. The fraction of sp³-hybridized carbons (Fsp3) is 0.538. The molecule has 2 heterocycles. The van der Waals surface area contributed by atoms with Crippen molar-refractivity contribution in [1.29, 1.82) is 0 Å². The number of aromatic nitrogens is 1. The van der Waals surface area contributed by atoms with Gasteiger partial charge in [0, 0.05) is 25.2 Å². The second-order valence-corrected chi connectivity index (χ2v) is 5.18. The molecule has 2 N–H and O–H groups in total. The summed E-state index contributed by atoms with van der Waals surface area (Å²) in [5, 5.41) is 12.1. The quantitative estimate of drug-likeness (QED) is 0.821. The number of rotatable bonds is 4. The zero-order chi connectivity index (χ0) is 13.8. The van der Waals surface area contributed by atoms with E-state index < -0.39 is 6.10 Å². The van der Waals surface area contributed by atoms with Crippen LogP contribution in [-0.4, -0.2) is 41.7 Å². The summed E-state index contributed by atoms with van der Waals surface area (Å²) in [7, 11) is 0. The summed E-state index contributed by atoms with van der Waals surface area (Å²) in [5.74, 6) is 0.498. The van der Waals surface area contributed by atoms with Crippen molar-refractivity contribution < 1.29 is 9.90 Å². The van der Waals surface area contributed by atoms with Crippen LogP contribution < -0.4 is 10.2 Å². The van der Waals surface area contributed by atoms with E-state index in [-0.39, 0.29) is 12.5 Å². The van der Waals surface area contributed by atoms with E-state index in [0.717, 1.165) is 31.7 Å². The molecular weight excluding hydrogens is 266 g/mol. The number of aliphatic hydroxyl groups excluding tert-OH is 1. The van der Waals surface area contributed by atoms with Gasteiger partial charge in [0.1, 0.15) is 11.0 Å². The Hall–Kier alpha value is -1.33. The van der Waals surface area contributed by atoms with Crippen LogP contribution >= 0.6 is 11.6 Å². The first-order valence-electron chi connectivity index (χ1n) is 6.45. The van der Waals surface area contributed by atoms with Crippen LogP contribution in [0.3, 0.4) is 0 Å². The minimum atomic E-state index is -0.570. The monoisotopic (exact) mass is 283 g/mol. The Kier molecular flexibility index (Phi) is 4.61. The van der Waals surface area contributed by atoms with Crippen molar-refractivity contribution in [2.45, 2.75) is 25.9 Å². The summed E-state index contributed by atoms with van der Waals surface area (Å²) >= 11 is 5.97. The molecule has 0 spiro atoms. The molecular formula is C13H18ClN3O2. The first kappa shape index (κ1) is 14.1. The topological polar surface area (TPSA) is 65.5 Å². The predicted molar refractivity (Wildman–Crippen MR) is 74.7 cm³/mol. The van der Waals surface area contributed by atoms with E-state index in [1.165, 1.54) is 0 Å². The summed E-state index contributed by atoms with van der Waals surface area (Å²) in [4.78, 5) is 18.3. The van der Waals surface area contributed by atoms with Crippen LogP contribution in [0.5, 0.6) is 0 Å². The van der Waals surface area contributed by atoms with Crippen molar-refractivity contribution in [3.05, 3.63) is 22.8 Å². The standard InChI is InChI=1S/C13H18ClN3O2/c1-9(18)8-15-13(19)10-6-11(14)16-12(7-10)17-4-2-3-5-17/h6-7,9,18H,2-5,8H2,1H3,(H,15,19). The first-order chi connectivity index (χ1) is 9.06. The number of halogens is 1. The van der Waals surface area contributed by atoms with Crippen molar-refractivity contribution in [3.8, 4) is 0 Å². The molecule has 1 aliphatic heterocycles. The van der Waals surface area contributed by atoms with Crippen molar-refractivity contribution in [2.75, 3.05) is 24.5 Å². The molecule has 0 aliphatic carbocycles. The molecule has 104 valence electrons. The molecule has 1 amide bonds. The molecule has 0 aromatic carbocycles. The minimum absolute atomic E-state index is 0.220. The third-order valence-electron chi connectivity index (χ3n) is 3.03. The van der Waals surface area contributed by atoms with Gasteiger partial charge in [-0.05, 0) is 31.9 Å². The van der Waals surface area contributed by atoms with E-state index in [1.54, 1.807) is 19.1 Å². The van der Waals surface area contributed by atoms with Gasteiger partial charge in [-0.25, -0.2) is 4.98 Å². The molecule has 1 aromatic rings. The summed E-state index contributed by atoms with van der Waals surface area (Å²) in [5.41, 5.74) is 0.475. The fourth-order valence-corrected chi connectivity index (χ4v) is 2.27. The number of carbonyl (C=O) groups is 1. The Morgan fingerprint density at radius 2 is 2.21 bits per heavy atom. The first-order valence-corrected chi connectivity index (χ1v) is 6.83. The molecule has 19 heavy (non-hydrogen) atoms. The van der Waals surface area contributed by atoms with E-state index in [2.05, 4.69) is 15.2 Å². The van der Waals surface area contributed by atoms with E-state index in [1.807, 2.05) is 0 Å². The Labute approximate surface area is 117 Å². The second-order valence-electron chi connectivity index (χ2n) is 4.79. The smallest absolute Gasteiger partial charge is 0.251 e. The van der Waals surface area contributed by atoms with Crippen molar-refractivity contribution in [1.82, 2.24) is 10.3 Å². The Bertz CT molecular complexity index is 459. The predicted octanol–water partition coefficient (Wildman–Crippen LogP) is 1.45. The number of aliphatic hydroxyl groups is 1. The van der Waals surface area contributed by atoms with Gasteiger partial charge in [0.05, 0.1) is 6.10 Å². The van der Waals surface area contributed by atoms with E-state index >= 15 is 0 Å². The lowest BCUT2D eigenvalue weighted by atomic mass is 10.2. The Balaban J connectivity index is 2.13. The van der Waals surface area contributed by atoms with Crippen molar-refractivity contribution >= 4 is 23.3 Å². The maximum atomic E-state index is 11.9. The number of hydrogen-bond acceptors (Lipinski definition) is 4. The second kappa shape index (κ2) is 6.21. The summed E-state index contributed by atoms with van der Waals surface area (Å²) in [6.07, 6.45) is 1.70. The molecule has 0 bridgehead atoms. The molecule has 1 atom stereocenters. The SMILES string of the molecule is CC(O)CNC(=O)c1cc(Cl)nc(N2CCCC2)c1. The highest BCUT2D eigenvalue weighted by molar-refractivity contribution is 6.29. The lowest BCUT2D eigenvalue weighted by Gasteiger charge is -2.17. The van der Waals surface area contributed by atoms with Crippen LogP contribution in [0.15, 0.2) is 12.1 Å². The number of pyridine rings is 1. The molecule has 1 fully saturated rings. The summed E-state index contributed by atoms with van der Waals surface area (Å²) in [6, 6.07) is 3.28. The van der Waals surface area contributed by atoms with Gasteiger partial charge in [0.25, 0.3) is 5.91 Å². The largest absolute Gasteiger partial charge is 0.392 e. The van der Waals surface area contributed by atoms with Gasteiger partial charge < -0.3 is 15.3 Å². The highest BCUT2D eigenvalue weighted by Gasteiger charge is 2.17. The minimum Gasteiger partial charge on any atom is -0.392 e. The molecule has 1 saturated heterocycles. The average molecular weight is 284 g/mol. The Morgan fingerprint density at radius 3 is 2.84 bits per heavy atom. The number of anilines is 1. The highest BCUT2D eigenvalue weighted by atomic mass is 35.5. The Morgan fingerprint density at radius 1 is 1.53 bits per heavy atom. The third-order valence-corrected chi connectivity index (χ3v) is 3.22. The zero-order valence-corrected chi connectivity index (χ0v) is 11.7. The van der Waals surface area contributed by atoms with Gasteiger partial charge in [-0.2, -0.15) is 0 Å². The van der Waals surface area contributed by atoms with Crippen molar-refractivity contribution in [2.24, 2.45) is 0 Å². The van der Waals surface area contributed by atoms with Crippen LogP contribution in [0.1, 0.15) is 30.1 Å². The average Bonchev–Trinajstić information content (AvgIpc) is 2.89. The van der Waals surface area contributed by atoms with Crippen LogP contribution in [0.25, 0.3) is 0 Å². The number of nitrogens with one attached hydrogen (secondary N) is 1. The number of carbonyl (C=O) groups excluding carboxylic acids is 1. The van der Waals surface area contributed by atoms with E-state index in [4.69, 9.17) is 16.7 Å². The third kappa shape index (κ3) is 3.81. The van der Waals surface area contributed by atoms with E-state index in [9.17, 15) is 4.79 Å².